The lowest BCUT2D eigenvalue weighted by molar-refractivity contribution is -0.181. The first-order chi connectivity index (χ1) is 17.9. The number of aromatic hydroxyl groups is 1. The average Bonchev–Trinajstić information content (AvgIpc) is 2.84. The highest BCUT2D eigenvalue weighted by Crippen LogP contribution is 2.51. The van der Waals surface area contributed by atoms with Gasteiger partial charge in [0.05, 0.1) is 17.5 Å². The minimum absolute atomic E-state index is 0.0248. The molecule has 3 aliphatic rings. The zero-order valence-corrected chi connectivity index (χ0v) is 21.7. The predicted octanol–water partition coefficient (Wildman–Crippen LogP) is 1.36. The Morgan fingerprint density at radius 2 is 1.84 bits per heavy atom. The molecule has 9 heteroatoms. The number of nitrogens with zero attached hydrogens (tertiary/aromatic N) is 1. The number of primary amides is 1. The van der Waals surface area contributed by atoms with Crippen molar-refractivity contribution >= 4 is 39.8 Å². The number of fused-ring (bicyclic) bond motifs is 4. The summed E-state index contributed by atoms with van der Waals surface area (Å²) in [5.41, 5.74) is 4.27. The van der Waals surface area contributed by atoms with Crippen molar-refractivity contribution < 1.29 is 34.2 Å². The highest BCUT2D eigenvalue weighted by molar-refractivity contribution is 6.32. The number of hydrogen-bond donors (Lipinski definition) is 3. The number of ketones is 4. The zero-order valence-electron chi connectivity index (χ0n) is 21.7. The smallest absolute Gasteiger partial charge is 0.235 e. The third kappa shape index (κ3) is 3.55. The summed E-state index contributed by atoms with van der Waals surface area (Å²) in [6, 6.07) is 6.49. The number of amides is 1. The SMILES string of the molecule is CCCCc1ccc2cc3c(c(O)c2c1)C(=O)C1C(=O)C2(O)C(=O)C(C(N)=O)C(=O)C(N(C)C)C2CC1C3. The van der Waals surface area contributed by atoms with Gasteiger partial charge in [0.25, 0.3) is 0 Å². The van der Waals surface area contributed by atoms with E-state index in [4.69, 9.17) is 5.73 Å². The Kier molecular flexibility index (Phi) is 6.27. The number of Topliss-reactive ketones (excluding diaryl/α,β-unsaturated/α-hetero) is 4. The molecule has 6 unspecified atom stereocenters. The van der Waals surface area contributed by atoms with Crippen molar-refractivity contribution in [2.45, 2.75) is 50.7 Å². The van der Waals surface area contributed by atoms with Crippen LogP contribution in [-0.2, 0) is 32.0 Å². The van der Waals surface area contributed by atoms with Crippen LogP contribution in [0.2, 0.25) is 0 Å². The van der Waals surface area contributed by atoms with E-state index in [1.54, 1.807) is 14.1 Å². The first-order valence-corrected chi connectivity index (χ1v) is 13.1. The number of rotatable bonds is 5. The van der Waals surface area contributed by atoms with Gasteiger partial charge < -0.3 is 15.9 Å². The quantitative estimate of drug-likeness (QED) is 0.499. The number of aryl methyl sites for hydroxylation is 1. The van der Waals surface area contributed by atoms with Gasteiger partial charge >= 0.3 is 0 Å². The van der Waals surface area contributed by atoms with E-state index in [1.807, 2.05) is 24.3 Å². The number of nitrogens with two attached hydrogens (primary N) is 1. The summed E-state index contributed by atoms with van der Waals surface area (Å²) in [5, 5.41) is 24.2. The molecule has 0 spiro atoms. The fourth-order valence-electron chi connectivity index (χ4n) is 6.96. The maximum atomic E-state index is 13.9. The largest absolute Gasteiger partial charge is 0.507 e. The third-order valence-corrected chi connectivity index (χ3v) is 8.75. The minimum Gasteiger partial charge on any atom is -0.507 e. The molecule has 4 N–H and O–H groups in total. The Labute approximate surface area is 220 Å². The second-order valence-electron chi connectivity index (χ2n) is 11.2. The Morgan fingerprint density at radius 1 is 1.13 bits per heavy atom. The van der Waals surface area contributed by atoms with Crippen molar-refractivity contribution in [2.24, 2.45) is 29.4 Å². The molecule has 2 aromatic carbocycles. The van der Waals surface area contributed by atoms with E-state index >= 15 is 0 Å². The fourth-order valence-corrected chi connectivity index (χ4v) is 6.96. The van der Waals surface area contributed by atoms with Crippen LogP contribution in [0.5, 0.6) is 5.75 Å². The molecule has 2 fully saturated rings. The van der Waals surface area contributed by atoms with Gasteiger partial charge in [-0.1, -0.05) is 31.5 Å². The summed E-state index contributed by atoms with van der Waals surface area (Å²) in [7, 11) is 3.13. The number of unbranched alkanes of at least 4 members (excludes halogenated alkanes) is 1. The lowest BCUT2D eigenvalue weighted by atomic mass is 9.52. The topological polar surface area (TPSA) is 155 Å². The fraction of sp³-hybridized carbons (Fsp3) is 0.483. The van der Waals surface area contributed by atoms with Crippen LogP contribution >= 0.6 is 0 Å². The van der Waals surface area contributed by atoms with Crippen molar-refractivity contribution in [1.82, 2.24) is 4.90 Å². The monoisotopic (exact) mass is 520 g/mol. The van der Waals surface area contributed by atoms with E-state index in [0.717, 1.165) is 30.2 Å². The molecule has 0 bridgehead atoms. The van der Waals surface area contributed by atoms with E-state index in [9.17, 15) is 34.2 Å². The van der Waals surface area contributed by atoms with Crippen molar-refractivity contribution in [2.75, 3.05) is 14.1 Å². The Balaban J connectivity index is 1.62. The zero-order chi connectivity index (χ0) is 27.7. The molecule has 2 aromatic rings. The second kappa shape index (κ2) is 9.10. The normalized spacial score (nSPS) is 30.8. The number of phenols is 1. The van der Waals surface area contributed by atoms with Gasteiger partial charge in [-0.25, -0.2) is 0 Å². The Bertz CT molecular complexity index is 1410. The highest BCUT2D eigenvalue weighted by atomic mass is 16.3. The van der Waals surface area contributed by atoms with Crippen LogP contribution in [0.1, 0.15) is 47.7 Å². The summed E-state index contributed by atoms with van der Waals surface area (Å²) in [6.07, 6.45) is 3.11. The molecule has 3 aliphatic carbocycles. The van der Waals surface area contributed by atoms with Crippen molar-refractivity contribution in [3.63, 3.8) is 0 Å². The van der Waals surface area contributed by atoms with Gasteiger partial charge in [-0.05, 0) is 68.3 Å². The molecule has 2 saturated carbocycles. The number of carbonyl (C=O) groups excluding carboxylic acids is 5. The van der Waals surface area contributed by atoms with Gasteiger partial charge in [0.1, 0.15) is 5.75 Å². The lowest BCUT2D eigenvalue weighted by Crippen LogP contribution is -2.74. The van der Waals surface area contributed by atoms with Gasteiger partial charge in [-0.2, -0.15) is 0 Å². The van der Waals surface area contributed by atoms with Gasteiger partial charge in [0.2, 0.25) is 5.91 Å². The van der Waals surface area contributed by atoms with Crippen LogP contribution in [0, 0.1) is 23.7 Å². The maximum Gasteiger partial charge on any atom is 0.235 e. The molecule has 200 valence electrons. The Hall–Kier alpha value is -3.43. The van der Waals surface area contributed by atoms with E-state index < -0.39 is 64.4 Å². The van der Waals surface area contributed by atoms with Crippen molar-refractivity contribution in [3.8, 4) is 5.75 Å². The standard InChI is InChI=1S/C29H32N2O7/c1-4-5-6-13-7-8-14-10-15-11-16-12-18-22(31(2)3)25(34)21(28(30)37)27(36)29(18,38)26(35)20(16)24(33)19(15)23(32)17(14)9-13/h7-10,16,18,20-22,32,38H,4-6,11-12H2,1-3H3,(H2,30,37). The van der Waals surface area contributed by atoms with Crippen LogP contribution in [0.25, 0.3) is 10.8 Å². The van der Waals surface area contributed by atoms with Gasteiger partial charge in [-0.3, -0.25) is 28.9 Å². The molecular formula is C29H32N2O7. The van der Waals surface area contributed by atoms with Crippen LogP contribution in [0.3, 0.4) is 0 Å². The molecule has 0 heterocycles. The number of likely N-dealkylation sites (N-methyl/N-ethyl adjacent to an activating group) is 1. The molecule has 1 amide bonds. The number of benzene rings is 2. The second-order valence-corrected chi connectivity index (χ2v) is 11.2. The average molecular weight is 521 g/mol. The molecule has 6 atom stereocenters. The molecular weight excluding hydrogens is 488 g/mol. The van der Waals surface area contributed by atoms with Crippen LogP contribution in [0.4, 0.5) is 0 Å². The first kappa shape index (κ1) is 26.2. The van der Waals surface area contributed by atoms with Crippen molar-refractivity contribution in [1.29, 1.82) is 0 Å². The molecule has 5 rings (SSSR count). The Morgan fingerprint density at radius 3 is 2.47 bits per heavy atom. The van der Waals surface area contributed by atoms with E-state index in [2.05, 4.69) is 6.92 Å². The van der Waals surface area contributed by atoms with Gasteiger partial charge in [-0.15, -0.1) is 0 Å². The highest BCUT2D eigenvalue weighted by Gasteiger charge is 2.69. The molecule has 0 saturated heterocycles. The van der Waals surface area contributed by atoms with Crippen LogP contribution in [-0.4, -0.2) is 69.9 Å². The third-order valence-electron chi connectivity index (χ3n) is 8.75. The van der Waals surface area contributed by atoms with Crippen molar-refractivity contribution in [3.05, 3.63) is 41.0 Å². The predicted molar refractivity (Wildman–Crippen MR) is 137 cm³/mol. The molecule has 0 radical (unpaired) electrons. The molecule has 38 heavy (non-hydrogen) atoms. The molecule has 9 nitrogen and oxygen atoms in total. The molecule has 0 aliphatic heterocycles. The summed E-state index contributed by atoms with van der Waals surface area (Å²) < 4.78 is 0. The number of hydrogen-bond acceptors (Lipinski definition) is 8. The van der Waals surface area contributed by atoms with E-state index in [-0.39, 0.29) is 24.2 Å². The summed E-state index contributed by atoms with van der Waals surface area (Å²) in [6.45, 7) is 2.09. The number of phenolic OH excluding ortho intramolecular Hbond substituents is 1. The van der Waals surface area contributed by atoms with E-state index in [1.165, 1.54) is 4.90 Å². The van der Waals surface area contributed by atoms with Crippen LogP contribution < -0.4 is 5.73 Å². The molecule has 0 aromatic heterocycles. The van der Waals surface area contributed by atoms with Gasteiger partial charge in [0, 0.05) is 11.3 Å². The minimum atomic E-state index is -2.71. The summed E-state index contributed by atoms with van der Waals surface area (Å²) in [4.78, 5) is 67.7. The summed E-state index contributed by atoms with van der Waals surface area (Å²) >= 11 is 0. The maximum absolute atomic E-state index is 13.9. The number of carbonyl (C=O) groups is 5. The first-order valence-electron chi connectivity index (χ1n) is 13.1. The van der Waals surface area contributed by atoms with Gasteiger partial charge in [0.15, 0.2) is 34.7 Å². The summed E-state index contributed by atoms with van der Waals surface area (Å²) in [5.74, 6) is -10.2. The van der Waals surface area contributed by atoms with Crippen LogP contribution in [0.15, 0.2) is 24.3 Å². The lowest BCUT2D eigenvalue weighted by Gasteiger charge is -2.52. The number of aliphatic hydroxyl groups is 1. The van der Waals surface area contributed by atoms with E-state index in [0.29, 0.717) is 10.9 Å².